The normalized spacial score (nSPS) is 10.9. The fraction of sp³-hybridized carbons (Fsp3) is 0.381. The Balaban J connectivity index is 1.91. The molecule has 2 rings (SSSR count). The van der Waals surface area contributed by atoms with E-state index in [1.807, 2.05) is 25.1 Å². The summed E-state index contributed by atoms with van der Waals surface area (Å²) in [6.45, 7) is 12.4. The zero-order valence-electron chi connectivity index (χ0n) is 15.3. The molecule has 2 aromatic carbocycles. The lowest BCUT2D eigenvalue weighted by molar-refractivity contribution is -0.910. The maximum Gasteiger partial charge on any atom is 0.251 e. The Morgan fingerprint density at radius 2 is 1.54 bits per heavy atom. The molecule has 0 bridgehead atoms. The first-order chi connectivity index (χ1) is 11.5. The molecule has 0 fully saturated rings. The van der Waals surface area contributed by atoms with Gasteiger partial charge in [0.25, 0.3) is 5.91 Å². The zero-order valence-corrected chi connectivity index (χ0v) is 15.3. The van der Waals surface area contributed by atoms with E-state index in [0.717, 1.165) is 36.3 Å². The molecule has 2 aromatic rings. The monoisotopic (exact) mass is 325 g/mol. The number of quaternary nitrogens is 1. The van der Waals surface area contributed by atoms with Crippen LogP contribution in [0, 0.1) is 13.8 Å². The highest BCUT2D eigenvalue weighted by atomic mass is 16.1. The first-order valence-corrected chi connectivity index (χ1v) is 8.80. The molecule has 128 valence electrons. The second kappa shape index (κ2) is 8.65. The number of carbonyl (C=O) groups excluding carboxylic acids is 1. The maximum atomic E-state index is 12.3. The summed E-state index contributed by atoms with van der Waals surface area (Å²) in [5.41, 5.74) is 5.55. The molecular weight excluding hydrogens is 296 g/mol. The Morgan fingerprint density at radius 1 is 0.917 bits per heavy atom. The summed E-state index contributed by atoms with van der Waals surface area (Å²) in [6, 6.07) is 14.4. The van der Waals surface area contributed by atoms with Gasteiger partial charge in [-0.3, -0.25) is 4.79 Å². The molecule has 0 radical (unpaired) electrons. The largest absolute Gasteiger partial charge is 0.348 e. The van der Waals surface area contributed by atoms with E-state index in [2.05, 4.69) is 50.4 Å². The van der Waals surface area contributed by atoms with Gasteiger partial charge in [-0.1, -0.05) is 30.3 Å². The van der Waals surface area contributed by atoms with Gasteiger partial charge in [0.05, 0.1) is 13.1 Å². The lowest BCUT2D eigenvalue weighted by atomic mass is 10.1. The van der Waals surface area contributed by atoms with Gasteiger partial charge in [0.2, 0.25) is 0 Å². The third-order valence-electron chi connectivity index (χ3n) is 4.70. The van der Waals surface area contributed by atoms with E-state index in [4.69, 9.17) is 0 Å². The predicted molar refractivity (Wildman–Crippen MR) is 99.3 cm³/mol. The molecule has 3 heteroatoms. The molecule has 0 aliphatic rings. The van der Waals surface area contributed by atoms with E-state index >= 15 is 0 Å². The summed E-state index contributed by atoms with van der Waals surface area (Å²) in [7, 11) is 0. The Kier molecular flexibility index (Phi) is 6.56. The predicted octanol–water partition coefficient (Wildman–Crippen LogP) is 2.66. The molecule has 0 atom stereocenters. The summed E-state index contributed by atoms with van der Waals surface area (Å²) < 4.78 is 0. The highest BCUT2D eigenvalue weighted by Gasteiger charge is 2.07. The zero-order chi connectivity index (χ0) is 17.5. The van der Waals surface area contributed by atoms with Crippen LogP contribution >= 0.6 is 0 Å². The van der Waals surface area contributed by atoms with Crippen LogP contribution in [0.4, 0.5) is 0 Å². The number of nitrogens with one attached hydrogen (secondary N) is 2. The highest BCUT2D eigenvalue weighted by Crippen LogP contribution is 2.10. The van der Waals surface area contributed by atoms with E-state index in [-0.39, 0.29) is 5.91 Å². The van der Waals surface area contributed by atoms with Crippen molar-refractivity contribution in [3.63, 3.8) is 0 Å². The van der Waals surface area contributed by atoms with E-state index in [9.17, 15) is 4.79 Å². The Morgan fingerprint density at radius 3 is 2.12 bits per heavy atom. The van der Waals surface area contributed by atoms with Gasteiger partial charge in [-0.15, -0.1) is 0 Å². The lowest BCUT2D eigenvalue weighted by Gasteiger charge is -2.15. The van der Waals surface area contributed by atoms with Crippen molar-refractivity contribution in [3.8, 4) is 0 Å². The first kappa shape index (κ1) is 18.2. The number of benzene rings is 2. The molecule has 0 aliphatic carbocycles. The van der Waals surface area contributed by atoms with Gasteiger partial charge in [0, 0.05) is 17.7 Å². The van der Waals surface area contributed by atoms with Gasteiger partial charge in [0.1, 0.15) is 6.54 Å². The molecule has 0 aliphatic heterocycles. The Bertz CT molecular complexity index is 673. The van der Waals surface area contributed by atoms with Crippen molar-refractivity contribution >= 4 is 5.91 Å². The lowest BCUT2D eigenvalue weighted by Crippen LogP contribution is -3.10. The van der Waals surface area contributed by atoms with Crippen LogP contribution in [-0.4, -0.2) is 19.0 Å². The number of carbonyl (C=O) groups is 1. The van der Waals surface area contributed by atoms with Crippen LogP contribution in [0.25, 0.3) is 0 Å². The molecule has 0 unspecified atom stereocenters. The Labute approximate surface area is 145 Å². The van der Waals surface area contributed by atoms with Gasteiger partial charge < -0.3 is 10.2 Å². The van der Waals surface area contributed by atoms with Crippen molar-refractivity contribution < 1.29 is 9.69 Å². The SMILES string of the molecule is CC[NH+](CC)Cc1ccc(CNC(=O)c2ccc(C)c(C)c2)cc1. The molecule has 0 heterocycles. The van der Waals surface area contributed by atoms with Crippen molar-refractivity contribution in [2.24, 2.45) is 0 Å². The van der Waals surface area contributed by atoms with Crippen LogP contribution < -0.4 is 10.2 Å². The van der Waals surface area contributed by atoms with Gasteiger partial charge >= 0.3 is 0 Å². The molecule has 1 amide bonds. The standard InChI is InChI=1S/C21H28N2O/c1-5-23(6-2)15-19-10-8-18(9-11-19)14-22-21(24)20-12-7-16(3)17(4)13-20/h7-13H,5-6,14-15H2,1-4H3,(H,22,24)/p+1. The van der Waals surface area contributed by atoms with Crippen LogP contribution in [0.3, 0.4) is 0 Å². The molecule has 0 saturated heterocycles. The molecule has 0 aromatic heterocycles. The van der Waals surface area contributed by atoms with Crippen molar-refractivity contribution in [2.75, 3.05) is 13.1 Å². The fourth-order valence-corrected chi connectivity index (χ4v) is 2.73. The second-order valence-corrected chi connectivity index (χ2v) is 6.43. The summed E-state index contributed by atoms with van der Waals surface area (Å²) >= 11 is 0. The smallest absolute Gasteiger partial charge is 0.251 e. The minimum Gasteiger partial charge on any atom is -0.348 e. The van der Waals surface area contributed by atoms with Crippen molar-refractivity contribution in [1.82, 2.24) is 5.32 Å². The van der Waals surface area contributed by atoms with Gasteiger partial charge in [-0.05, 0) is 56.5 Å². The number of hydrogen-bond acceptors (Lipinski definition) is 1. The fourth-order valence-electron chi connectivity index (χ4n) is 2.73. The van der Waals surface area contributed by atoms with E-state index in [1.165, 1.54) is 11.1 Å². The van der Waals surface area contributed by atoms with E-state index in [1.54, 1.807) is 4.90 Å². The summed E-state index contributed by atoms with van der Waals surface area (Å²) in [5, 5.41) is 3.00. The van der Waals surface area contributed by atoms with Crippen LogP contribution in [0.2, 0.25) is 0 Å². The summed E-state index contributed by atoms with van der Waals surface area (Å²) in [4.78, 5) is 13.8. The molecular formula is C21H29N2O+. The number of aryl methyl sites for hydroxylation is 2. The molecule has 0 saturated carbocycles. The third-order valence-corrected chi connectivity index (χ3v) is 4.70. The molecule has 3 nitrogen and oxygen atoms in total. The van der Waals surface area contributed by atoms with Gasteiger partial charge in [-0.25, -0.2) is 0 Å². The summed E-state index contributed by atoms with van der Waals surface area (Å²) in [6.07, 6.45) is 0. The average Bonchev–Trinajstić information content (AvgIpc) is 2.61. The average molecular weight is 325 g/mol. The van der Waals surface area contributed by atoms with Crippen LogP contribution in [-0.2, 0) is 13.1 Å². The highest BCUT2D eigenvalue weighted by molar-refractivity contribution is 5.94. The first-order valence-electron chi connectivity index (χ1n) is 8.80. The minimum atomic E-state index is -0.0187. The number of hydrogen-bond donors (Lipinski definition) is 2. The number of amides is 1. The minimum absolute atomic E-state index is 0.0187. The van der Waals surface area contributed by atoms with Crippen molar-refractivity contribution in [1.29, 1.82) is 0 Å². The van der Waals surface area contributed by atoms with E-state index < -0.39 is 0 Å². The van der Waals surface area contributed by atoms with Gasteiger partial charge in [0.15, 0.2) is 0 Å². The quantitative estimate of drug-likeness (QED) is 0.806. The molecule has 24 heavy (non-hydrogen) atoms. The topological polar surface area (TPSA) is 33.5 Å². The van der Waals surface area contributed by atoms with E-state index in [0.29, 0.717) is 6.54 Å². The molecule has 2 N–H and O–H groups in total. The van der Waals surface area contributed by atoms with Crippen molar-refractivity contribution in [3.05, 3.63) is 70.3 Å². The van der Waals surface area contributed by atoms with Gasteiger partial charge in [-0.2, -0.15) is 0 Å². The van der Waals surface area contributed by atoms with Crippen LogP contribution in [0.5, 0.6) is 0 Å². The summed E-state index contributed by atoms with van der Waals surface area (Å²) in [5.74, 6) is -0.0187. The van der Waals surface area contributed by atoms with Crippen LogP contribution in [0.15, 0.2) is 42.5 Å². The Hall–Kier alpha value is -2.13. The third kappa shape index (κ3) is 4.93. The second-order valence-electron chi connectivity index (χ2n) is 6.43. The molecule has 0 spiro atoms. The van der Waals surface area contributed by atoms with Crippen molar-refractivity contribution in [2.45, 2.75) is 40.8 Å². The van der Waals surface area contributed by atoms with Crippen LogP contribution in [0.1, 0.15) is 46.5 Å². The number of rotatable bonds is 7. The maximum absolute atomic E-state index is 12.3.